The maximum atomic E-state index is 12.2. The van der Waals surface area contributed by atoms with Crippen molar-refractivity contribution < 1.29 is 33.3 Å². The van der Waals surface area contributed by atoms with Crippen molar-refractivity contribution in [2.45, 2.75) is 49.8 Å². The zero-order chi connectivity index (χ0) is 18.6. The van der Waals surface area contributed by atoms with Crippen molar-refractivity contribution in [3.05, 3.63) is 36.0 Å². The van der Waals surface area contributed by atoms with Crippen LogP contribution in [0.1, 0.15) is 19.8 Å². The van der Waals surface area contributed by atoms with Crippen LogP contribution in [0, 0.1) is 5.92 Å². The number of esters is 2. The average Bonchev–Trinajstić information content (AvgIpc) is 3.31. The summed E-state index contributed by atoms with van der Waals surface area (Å²) in [6.45, 7) is 9.44. The minimum Gasteiger partial charge on any atom is -0.455 e. The molecule has 0 aromatic heterocycles. The third-order valence-corrected chi connectivity index (χ3v) is 5.54. The smallest absolute Gasteiger partial charge is 0.334 e. The molecule has 0 amide bonds. The molecule has 7 heteroatoms. The number of ether oxygens (including phenoxy) is 4. The fraction of sp³-hybridized carbons (Fsp3) is 0.526. The molecule has 7 nitrogen and oxygen atoms in total. The van der Waals surface area contributed by atoms with Crippen LogP contribution in [0.5, 0.6) is 0 Å². The Morgan fingerprint density at radius 2 is 2.19 bits per heavy atom. The van der Waals surface area contributed by atoms with Gasteiger partial charge in [-0.05, 0) is 25.8 Å². The average molecular weight is 360 g/mol. The third-order valence-electron chi connectivity index (χ3n) is 5.54. The molecule has 4 aliphatic rings. The molecule has 0 aromatic rings. The van der Waals surface area contributed by atoms with Gasteiger partial charge in [0.05, 0.1) is 18.6 Å². The van der Waals surface area contributed by atoms with Crippen LogP contribution >= 0.6 is 0 Å². The number of carbonyl (C=O) groups is 3. The van der Waals surface area contributed by atoms with Crippen LogP contribution in [-0.4, -0.2) is 54.8 Å². The highest BCUT2D eigenvalue weighted by atomic mass is 16.6. The van der Waals surface area contributed by atoms with Crippen LogP contribution in [0.2, 0.25) is 0 Å². The molecule has 0 aromatic carbocycles. The number of epoxide rings is 1. The number of aldehydes is 1. The minimum atomic E-state index is -0.869. The summed E-state index contributed by atoms with van der Waals surface area (Å²) in [6.07, 6.45) is 1.02. The van der Waals surface area contributed by atoms with Gasteiger partial charge >= 0.3 is 11.9 Å². The van der Waals surface area contributed by atoms with E-state index in [1.165, 1.54) is 6.92 Å². The second-order valence-corrected chi connectivity index (χ2v) is 7.29. The first-order valence-corrected chi connectivity index (χ1v) is 8.59. The molecule has 4 heterocycles. The fourth-order valence-electron chi connectivity index (χ4n) is 4.00. The number of fused-ring (bicyclic) bond motifs is 5. The number of hydrogen-bond donors (Lipinski definition) is 0. The van der Waals surface area contributed by atoms with E-state index in [9.17, 15) is 14.4 Å². The largest absolute Gasteiger partial charge is 0.455 e. The van der Waals surface area contributed by atoms with E-state index in [0.717, 1.165) is 0 Å². The lowest BCUT2D eigenvalue weighted by Crippen LogP contribution is -2.54. The van der Waals surface area contributed by atoms with E-state index in [4.69, 9.17) is 18.9 Å². The molecule has 0 unspecified atom stereocenters. The number of carbonyl (C=O) groups excluding carboxylic acids is 3. The third kappa shape index (κ3) is 2.54. The van der Waals surface area contributed by atoms with Crippen LogP contribution in [0.15, 0.2) is 36.0 Å². The topological polar surface area (TPSA) is 91.4 Å². The van der Waals surface area contributed by atoms with E-state index in [1.807, 2.05) is 0 Å². The van der Waals surface area contributed by atoms with Crippen LogP contribution in [-0.2, 0) is 33.3 Å². The summed E-state index contributed by atoms with van der Waals surface area (Å²) in [6, 6.07) is 0. The highest BCUT2D eigenvalue weighted by Crippen LogP contribution is 2.50. The van der Waals surface area contributed by atoms with Crippen molar-refractivity contribution in [2.24, 2.45) is 5.92 Å². The normalized spacial score (nSPS) is 42.7. The zero-order valence-electron chi connectivity index (χ0n) is 14.4. The molecule has 2 bridgehead atoms. The molecule has 26 heavy (non-hydrogen) atoms. The minimum absolute atomic E-state index is 0.194. The SMILES string of the molecule is C=C(C)C(=O)O[C@@H]1/C=C(/C=O)[C@H]2CC[C@@]3(CO3)[C@H](O2)[C@H]2OC(=O)C(=C)[C@@H]21. The Bertz CT molecular complexity index is 745. The fourth-order valence-corrected chi connectivity index (χ4v) is 4.00. The Morgan fingerprint density at radius 3 is 2.81 bits per heavy atom. The summed E-state index contributed by atoms with van der Waals surface area (Å²) in [4.78, 5) is 36.0. The van der Waals surface area contributed by atoms with Gasteiger partial charge in [-0.15, -0.1) is 0 Å². The van der Waals surface area contributed by atoms with Gasteiger partial charge in [0.2, 0.25) is 0 Å². The van der Waals surface area contributed by atoms with Crippen LogP contribution in [0.3, 0.4) is 0 Å². The molecule has 6 atom stereocenters. The first-order chi connectivity index (χ1) is 12.4. The lowest BCUT2D eigenvalue weighted by molar-refractivity contribution is -0.172. The second-order valence-electron chi connectivity index (χ2n) is 7.29. The first kappa shape index (κ1) is 17.2. The van der Waals surface area contributed by atoms with Gasteiger partial charge in [0, 0.05) is 16.7 Å². The molecule has 0 N–H and O–H groups in total. The van der Waals surface area contributed by atoms with Crippen molar-refractivity contribution in [1.82, 2.24) is 0 Å². The summed E-state index contributed by atoms with van der Waals surface area (Å²) in [5, 5.41) is 0. The molecular weight excluding hydrogens is 340 g/mol. The van der Waals surface area contributed by atoms with Crippen molar-refractivity contribution in [2.75, 3.05) is 6.61 Å². The van der Waals surface area contributed by atoms with Gasteiger partial charge in [0.25, 0.3) is 0 Å². The van der Waals surface area contributed by atoms with Gasteiger partial charge in [-0.25, -0.2) is 9.59 Å². The summed E-state index contributed by atoms with van der Waals surface area (Å²) in [5.74, 6) is -1.81. The van der Waals surface area contributed by atoms with E-state index in [-0.39, 0.29) is 11.1 Å². The Kier molecular flexibility index (Phi) is 3.89. The van der Waals surface area contributed by atoms with Crippen molar-refractivity contribution in [3.8, 4) is 0 Å². The van der Waals surface area contributed by atoms with Crippen molar-refractivity contribution in [3.63, 3.8) is 0 Å². The highest BCUT2D eigenvalue weighted by Gasteiger charge is 2.64. The van der Waals surface area contributed by atoms with Crippen LogP contribution in [0.25, 0.3) is 0 Å². The maximum absolute atomic E-state index is 12.2. The van der Waals surface area contributed by atoms with Gasteiger partial charge < -0.3 is 18.9 Å². The standard InChI is InChI=1S/C19H20O7/c1-9(2)17(21)25-13-6-11(7-20)12-4-5-19(8-23-19)16(24-12)15-14(13)10(3)18(22)26-15/h6-7,12-16H,1,3-5,8H2,2H3/b11-6-/t12-,13-,14-,15+,16-,19-/m1/s1. The molecule has 0 aliphatic carbocycles. The van der Waals surface area contributed by atoms with E-state index in [1.54, 1.807) is 6.08 Å². The lowest BCUT2D eigenvalue weighted by atomic mass is 9.77. The molecular formula is C19H20O7. The summed E-state index contributed by atoms with van der Waals surface area (Å²) in [7, 11) is 0. The van der Waals surface area contributed by atoms with Gasteiger partial charge in [0.1, 0.15) is 30.2 Å². The summed E-state index contributed by atoms with van der Waals surface area (Å²) < 4.78 is 22.8. The Labute approximate surface area is 150 Å². The second kappa shape index (κ2) is 5.89. The predicted octanol–water partition coefficient (Wildman–Crippen LogP) is 1.03. The summed E-state index contributed by atoms with van der Waals surface area (Å²) >= 11 is 0. The molecule has 0 saturated carbocycles. The predicted molar refractivity (Wildman–Crippen MR) is 87.9 cm³/mol. The van der Waals surface area contributed by atoms with Gasteiger partial charge in [-0.2, -0.15) is 0 Å². The number of hydrogen-bond acceptors (Lipinski definition) is 7. The van der Waals surface area contributed by atoms with E-state index >= 15 is 0 Å². The Morgan fingerprint density at radius 1 is 1.46 bits per heavy atom. The molecule has 138 valence electrons. The van der Waals surface area contributed by atoms with E-state index in [2.05, 4.69) is 13.2 Å². The first-order valence-electron chi connectivity index (χ1n) is 8.59. The molecule has 0 radical (unpaired) electrons. The molecule has 3 fully saturated rings. The van der Waals surface area contributed by atoms with Crippen molar-refractivity contribution in [1.29, 1.82) is 0 Å². The molecule has 4 rings (SSSR count). The van der Waals surface area contributed by atoms with Crippen LogP contribution < -0.4 is 0 Å². The number of rotatable bonds is 3. The monoisotopic (exact) mass is 360 g/mol. The van der Waals surface area contributed by atoms with Crippen molar-refractivity contribution >= 4 is 18.2 Å². The highest BCUT2D eigenvalue weighted by molar-refractivity contribution is 5.92. The zero-order valence-corrected chi connectivity index (χ0v) is 14.4. The van der Waals surface area contributed by atoms with Gasteiger partial charge in [0.15, 0.2) is 0 Å². The van der Waals surface area contributed by atoms with Gasteiger partial charge in [-0.3, -0.25) is 4.79 Å². The molecule has 1 spiro atoms. The lowest BCUT2D eigenvalue weighted by Gasteiger charge is -2.41. The Hall–Kier alpha value is -2.25. The maximum Gasteiger partial charge on any atom is 0.334 e. The molecule has 4 aliphatic heterocycles. The van der Waals surface area contributed by atoms with E-state index in [0.29, 0.717) is 31.3 Å². The van der Waals surface area contributed by atoms with E-state index < -0.39 is 47.9 Å². The Balaban J connectivity index is 1.78. The summed E-state index contributed by atoms with van der Waals surface area (Å²) in [5.41, 5.74) is 0.285. The molecule has 3 saturated heterocycles. The quantitative estimate of drug-likeness (QED) is 0.321. The van der Waals surface area contributed by atoms with Gasteiger partial charge in [-0.1, -0.05) is 13.2 Å². The van der Waals surface area contributed by atoms with Crippen LogP contribution in [0.4, 0.5) is 0 Å².